The standard InChI is InChI=1S/C17H16Cl2N2O3/c18-14-5-4-13(9-15(14)19)24-10-16(22)21-7-6-11-2-1-3-12(8-11)17(20)23/h1-5,8-9H,6-7,10H2,(H2,20,23)(H,21,22). The van der Waals surface area contributed by atoms with E-state index in [4.69, 9.17) is 33.7 Å². The summed E-state index contributed by atoms with van der Waals surface area (Å²) in [5, 5.41) is 3.52. The summed E-state index contributed by atoms with van der Waals surface area (Å²) in [6, 6.07) is 11.8. The monoisotopic (exact) mass is 366 g/mol. The Labute approximate surface area is 149 Å². The zero-order valence-electron chi connectivity index (χ0n) is 12.7. The third-order valence-electron chi connectivity index (χ3n) is 3.21. The van der Waals surface area contributed by atoms with E-state index in [-0.39, 0.29) is 12.5 Å². The molecule has 7 heteroatoms. The number of carbonyl (C=O) groups excluding carboxylic acids is 2. The third-order valence-corrected chi connectivity index (χ3v) is 3.95. The van der Waals surface area contributed by atoms with Crippen LogP contribution in [0.25, 0.3) is 0 Å². The molecule has 0 unspecified atom stereocenters. The van der Waals surface area contributed by atoms with Crippen LogP contribution in [0, 0.1) is 0 Å². The first-order valence-electron chi connectivity index (χ1n) is 7.19. The highest BCUT2D eigenvalue weighted by Crippen LogP contribution is 2.26. The average Bonchev–Trinajstić information content (AvgIpc) is 2.56. The Hall–Kier alpha value is -2.24. The highest BCUT2D eigenvalue weighted by molar-refractivity contribution is 6.42. The number of hydrogen-bond donors (Lipinski definition) is 2. The fourth-order valence-corrected chi connectivity index (χ4v) is 2.28. The minimum Gasteiger partial charge on any atom is -0.484 e. The second kappa shape index (κ2) is 8.57. The Morgan fingerprint density at radius 3 is 2.58 bits per heavy atom. The molecule has 2 aromatic rings. The fourth-order valence-electron chi connectivity index (χ4n) is 1.99. The predicted molar refractivity (Wildman–Crippen MR) is 93.6 cm³/mol. The van der Waals surface area contributed by atoms with Crippen molar-refractivity contribution in [2.45, 2.75) is 6.42 Å². The lowest BCUT2D eigenvalue weighted by Crippen LogP contribution is -2.30. The summed E-state index contributed by atoms with van der Waals surface area (Å²) in [6.07, 6.45) is 0.583. The first kappa shape index (κ1) is 18.1. The van der Waals surface area contributed by atoms with Gasteiger partial charge >= 0.3 is 0 Å². The fraction of sp³-hybridized carbons (Fsp3) is 0.176. The summed E-state index contributed by atoms with van der Waals surface area (Å²) in [6.45, 7) is 0.297. The number of ether oxygens (including phenoxy) is 1. The van der Waals surface area contributed by atoms with Crippen molar-refractivity contribution in [3.8, 4) is 5.75 Å². The molecule has 0 aliphatic heterocycles. The molecule has 0 radical (unpaired) electrons. The SMILES string of the molecule is NC(=O)c1cccc(CCNC(=O)COc2ccc(Cl)c(Cl)c2)c1. The van der Waals surface area contributed by atoms with Crippen molar-refractivity contribution < 1.29 is 14.3 Å². The maximum absolute atomic E-state index is 11.8. The topological polar surface area (TPSA) is 81.4 Å². The smallest absolute Gasteiger partial charge is 0.257 e. The van der Waals surface area contributed by atoms with Crippen molar-refractivity contribution in [3.63, 3.8) is 0 Å². The highest BCUT2D eigenvalue weighted by atomic mass is 35.5. The van der Waals surface area contributed by atoms with E-state index in [1.54, 1.807) is 36.4 Å². The molecular weight excluding hydrogens is 351 g/mol. The van der Waals surface area contributed by atoms with E-state index in [9.17, 15) is 9.59 Å². The van der Waals surface area contributed by atoms with Crippen LogP contribution in [-0.2, 0) is 11.2 Å². The molecule has 0 bridgehead atoms. The molecule has 24 heavy (non-hydrogen) atoms. The number of primary amides is 1. The number of benzene rings is 2. The molecule has 0 aliphatic carbocycles. The molecule has 2 rings (SSSR count). The Balaban J connectivity index is 1.76. The van der Waals surface area contributed by atoms with Crippen LogP contribution in [0.5, 0.6) is 5.75 Å². The number of rotatable bonds is 7. The van der Waals surface area contributed by atoms with Gasteiger partial charge in [0.25, 0.3) is 5.91 Å². The first-order chi connectivity index (χ1) is 11.5. The molecule has 0 fully saturated rings. The van der Waals surface area contributed by atoms with Crippen molar-refractivity contribution in [1.29, 1.82) is 0 Å². The average molecular weight is 367 g/mol. The van der Waals surface area contributed by atoms with Crippen molar-refractivity contribution in [2.75, 3.05) is 13.2 Å². The van der Waals surface area contributed by atoms with Crippen molar-refractivity contribution in [1.82, 2.24) is 5.32 Å². The van der Waals surface area contributed by atoms with Crippen LogP contribution in [-0.4, -0.2) is 25.0 Å². The molecule has 0 heterocycles. The lowest BCUT2D eigenvalue weighted by molar-refractivity contribution is -0.123. The third kappa shape index (κ3) is 5.44. The Kier molecular flexibility index (Phi) is 6.46. The Bertz CT molecular complexity index is 750. The zero-order valence-corrected chi connectivity index (χ0v) is 14.2. The van der Waals surface area contributed by atoms with Gasteiger partial charge in [0.15, 0.2) is 6.61 Å². The van der Waals surface area contributed by atoms with Crippen LogP contribution >= 0.6 is 23.2 Å². The minimum absolute atomic E-state index is 0.126. The molecular formula is C17H16Cl2N2O3. The van der Waals surface area contributed by atoms with Gasteiger partial charge in [-0.2, -0.15) is 0 Å². The quantitative estimate of drug-likeness (QED) is 0.790. The molecule has 0 aromatic heterocycles. The maximum atomic E-state index is 11.8. The van der Waals surface area contributed by atoms with E-state index in [0.29, 0.717) is 34.3 Å². The Morgan fingerprint density at radius 2 is 1.88 bits per heavy atom. The van der Waals surface area contributed by atoms with Crippen LogP contribution in [0.3, 0.4) is 0 Å². The molecule has 126 valence electrons. The number of nitrogens with two attached hydrogens (primary N) is 1. The molecule has 3 N–H and O–H groups in total. The number of carbonyl (C=O) groups is 2. The largest absolute Gasteiger partial charge is 0.484 e. The van der Waals surface area contributed by atoms with Gasteiger partial charge in [0.05, 0.1) is 10.0 Å². The van der Waals surface area contributed by atoms with E-state index in [1.165, 1.54) is 0 Å². The van der Waals surface area contributed by atoms with E-state index >= 15 is 0 Å². The van der Waals surface area contributed by atoms with E-state index < -0.39 is 5.91 Å². The van der Waals surface area contributed by atoms with E-state index in [0.717, 1.165) is 5.56 Å². The molecule has 0 spiro atoms. The van der Waals surface area contributed by atoms with Crippen LogP contribution in [0.4, 0.5) is 0 Å². The van der Waals surface area contributed by atoms with Gasteiger partial charge in [-0.25, -0.2) is 0 Å². The maximum Gasteiger partial charge on any atom is 0.257 e. The van der Waals surface area contributed by atoms with Crippen molar-refractivity contribution in [2.24, 2.45) is 5.73 Å². The number of hydrogen-bond acceptors (Lipinski definition) is 3. The van der Waals surface area contributed by atoms with Gasteiger partial charge < -0.3 is 15.8 Å². The molecule has 0 saturated heterocycles. The summed E-state index contributed by atoms with van der Waals surface area (Å²) in [5.74, 6) is -0.267. The lowest BCUT2D eigenvalue weighted by atomic mass is 10.1. The highest BCUT2D eigenvalue weighted by Gasteiger charge is 2.06. The molecule has 2 amide bonds. The molecule has 0 saturated carbocycles. The van der Waals surface area contributed by atoms with E-state index in [2.05, 4.69) is 5.32 Å². The summed E-state index contributed by atoms with van der Waals surface area (Å²) in [4.78, 5) is 22.9. The van der Waals surface area contributed by atoms with Gasteiger partial charge in [0, 0.05) is 18.2 Å². The zero-order chi connectivity index (χ0) is 17.5. The second-order valence-corrected chi connectivity index (χ2v) is 5.84. The van der Waals surface area contributed by atoms with Gasteiger partial charge in [0.1, 0.15) is 5.75 Å². The second-order valence-electron chi connectivity index (χ2n) is 5.03. The molecule has 0 aliphatic rings. The Morgan fingerprint density at radius 1 is 1.08 bits per heavy atom. The number of amides is 2. The van der Waals surface area contributed by atoms with Gasteiger partial charge in [0.2, 0.25) is 5.91 Å². The first-order valence-corrected chi connectivity index (χ1v) is 7.94. The molecule has 2 aromatic carbocycles. The van der Waals surface area contributed by atoms with Gasteiger partial charge in [-0.15, -0.1) is 0 Å². The van der Waals surface area contributed by atoms with Gasteiger partial charge in [-0.05, 0) is 36.2 Å². The summed E-state index contributed by atoms with van der Waals surface area (Å²) < 4.78 is 5.34. The molecule has 5 nitrogen and oxygen atoms in total. The summed E-state index contributed by atoms with van der Waals surface area (Å²) in [5.41, 5.74) is 6.59. The predicted octanol–water partition coefficient (Wildman–Crippen LogP) is 2.83. The number of halogens is 2. The van der Waals surface area contributed by atoms with Crippen LogP contribution in [0.1, 0.15) is 15.9 Å². The van der Waals surface area contributed by atoms with Crippen molar-refractivity contribution in [3.05, 3.63) is 63.6 Å². The lowest BCUT2D eigenvalue weighted by Gasteiger charge is -2.08. The van der Waals surface area contributed by atoms with Crippen LogP contribution in [0.15, 0.2) is 42.5 Å². The van der Waals surface area contributed by atoms with Crippen LogP contribution < -0.4 is 15.8 Å². The van der Waals surface area contributed by atoms with Gasteiger partial charge in [-0.3, -0.25) is 9.59 Å². The summed E-state index contributed by atoms with van der Waals surface area (Å²) >= 11 is 11.7. The van der Waals surface area contributed by atoms with Crippen LogP contribution in [0.2, 0.25) is 10.0 Å². The van der Waals surface area contributed by atoms with E-state index in [1.807, 2.05) is 6.07 Å². The number of nitrogens with one attached hydrogen (secondary N) is 1. The molecule has 0 atom stereocenters. The van der Waals surface area contributed by atoms with Crippen molar-refractivity contribution >= 4 is 35.0 Å². The van der Waals surface area contributed by atoms with Gasteiger partial charge in [-0.1, -0.05) is 35.3 Å². The summed E-state index contributed by atoms with van der Waals surface area (Å²) in [7, 11) is 0. The normalized spacial score (nSPS) is 10.2. The minimum atomic E-state index is -0.476.